The summed E-state index contributed by atoms with van der Waals surface area (Å²) in [5.41, 5.74) is 6.56. The van der Waals surface area contributed by atoms with Gasteiger partial charge in [-0.3, -0.25) is 14.5 Å². The third-order valence-corrected chi connectivity index (χ3v) is 10.3. The Kier molecular flexibility index (Phi) is 21.0. The number of nitrogens with zero attached hydrogens (tertiary/aromatic N) is 3. The Bertz CT molecular complexity index is 2130. The molecule has 4 heterocycles. The molecule has 2 unspecified atom stereocenters. The lowest BCUT2D eigenvalue weighted by molar-refractivity contribution is -0.126. The molecular formula is C46H64N8O8. The van der Waals surface area contributed by atoms with E-state index in [2.05, 4.69) is 121 Å². The maximum absolute atomic E-state index is 11.4. The summed E-state index contributed by atoms with van der Waals surface area (Å²) >= 11 is 0. The van der Waals surface area contributed by atoms with Crippen molar-refractivity contribution < 1.29 is 38.1 Å². The fraction of sp³-hybridized carbons (Fsp3) is 0.478. The molecule has 2 fully saturated rings. The van der Waals surface area contributed by atoms with Gasteiger partial charge in [0.2, 0.25) is 5.91 Å². The summed E-state index contributed by atoms with van der Waals surface area (Å²) < 4.78 is 19.1. The molecule has 3 aromatic carbocycles. The van der Waals surface area contributed by atoms with E-state index in [-0.39, 0.29) is 11.8 Å². The quantitative estimate of drug-likeness (QED) is 0.0611. The number of carbonyl (C=O) groups excluding carboxylic acids is 4. The van der Waals surface area contributed by atoms with E-state index in [0.29, 0.717) is 58.5 Å². The molecule has 2 atom stereocenters. The van der Waals surface area contributed by atoms with Crippen LogP contribution in [0, 0.1) is 5.92 Å². The number of hydrogen-bond acceptors (Lipinski definition) is 12. The van der Waals surface area contributed by atoms with Crippen LogP contribution < -0.4 is 16.0 Å². The number of nitrogens with one attached hydrogen (secondary N) is 5. The molecule has 2 amide bonds. The highest BCUT2D eigenvalue weighted by Crippen LogP contribution is 2.32. The maximum atomic E-state index is 11.4. The highest BCUT2D eigenvalue weighted by molar-refractivity contribution is 5.92. The van der Waals surface area contributed by atoms with Crippen molar-refractivity contribution >= 4 is 46.6 Å². The molecule has 2 aromatic heterocycles. The molecule has 0 spiro atoms. The standard InChI is InChI=1S/C32H37N7O2.C9H15NO4.C3H8.C2H4O2/c1-33-20-31(40)34-12-15-41-14-11-30-35-19-28(36-30)25-8-7-21-16-22(5-6-23(21)17-25)24-9-10-26-27(18-24)38-32(37-26)29-4-3-13-39(29)2;1-13-9(12)10-8(6-11)7-2-4-14-5-3-7;1-3-2;1-4-2-3/h5-10,16-19,29,33H,3-4,11-15,20H2,1-2H3,(H,34,40)(H,35,36)(H,37,38);6-8H,2-5H2,1H3,(H,10,12);3H2,1-2H3;2H,1H3. The molecule has 2 aliphatic rings. The van der Waals surface area contributed by atoms with Gasteiger partial charge in [0.25, 0.3) is 6.47 Å². The summed E-state index contributed by atoms with van der Waals surface area (Å²) in [6, 6.07) is 19.6. The summed E-state index contributed by atoms with van der Waals surface area (Å²) in [6.07, 6.45) is 7.98. The predicted octanol–water partition coefficient (Wildman–Crippen LogP) is 5.98. The molecule has 2 aliphatic heterocycles. The largest absolute Gasteiger partial charge is 0.471 e. The number of aromatic nitrogens is 4. The van der Waals surface area contributed by atoms with Crippen molar-refractivity contribution in [2.24, 2.45) is 5.92 Å². The van der Waals surface area contributed by atoms with Gasteiger partial charge in [-0.25, -0.2) is 14.8 Å². The second-order valence-corrected chi connectivity index (χ2v) is 15.0. The van der Waals surface area contributed by atoms with Gasteiger partial charge in [0, 0.05) is 31.7 Å². The van der Waals surface area contributed by atoms with Crippen LogP contribution in [0.25, 0.3) is 44.2 Å². The first-order chi connectivity index (χ1) is 30.2. The lowest BCUT2D eigenvalue weighted by atomic mass is 9.93. The van der Waals surface area contributed by atoms with Crippen molar-refractivity contribution in [2.45, 2.75) is 64.5 Å². The van der Waals surface area contributed by atoms with E-state index >= 15 is 0 Å². The number of H-pyrrole nitrogens is 2. The van der Waals surface area contributed by atoms with Crippen LogP contribution in [0.4, 0.5) is 4.79 Å². The van der Waals surface area contributed by atoms with Crippen LogP contribution in [0.3, 0.4) is 0 Å². The van der Waals surface area contributed by atoms with Gasteiger partial charge in [-0.15, -0.1) is 0 Å². The van der Waals surface area contributed by atoms with Crippen LogP contribution in [-0.2, 0) is 39.8 Å². The molecule has 62 heavy (non-hydrogen) atoms. The monoisotopic (exact) mass is 856 g/mol. The second-order valence-electron chi connectivity index (χ2n) is 15.0. The second kappa shape index (κ2) is 26.6. The minimum Gasteiger partial charge on any atom is -0.471 e. The maximum Gasteiger partial charge on any atom is 0.407 e. The number of ether oxygens (including phenoxy) is 4. The number of aldehydes is 1. The zero-order chi connectivity index (χ0) is 44.7. The zero-order valence-electron chi connectivity index (χ0n) is 37.0. The first kappa shape index (κ1) is 49.0. The van der Waals surface area contributed by atoms with Gasteiger partial charge in [0.15, 0.2) is 0 Å². The number of likely N-dealkylation sites (tertiary alicyclic amines) is 1. The van der Waals surface area contributed by atoms with Crippen LogP contribution >= 0.6 is 0 Å². The third-order valence-electron chi connectivity index (χ3n) is 10.3. The number of hydrogen-bond donors (Lipinski definition) is 5. The van der Waals surface area contributed by atoms with Crippen LogP contribution in [0.1, 0.15) is 63.6 Å². The molecule has 7 rings (SSSR count). The Morgan fingerprint density at radius 2 is 1.63 bits per heavy atom. The van der Waals surface area contributed by atoms with Crippen molar-refractivity contribution in [3.63, 3.8) is 0 Å². The molecule has 336 valence electrons. The average Bonchev–Trinajstić information content (AvgIpc) is 4.07. The number of benzene rings is 3. The number of fused-ring (bicyclic) bond motifs is 2. The molecular weight excluding hydrogens is 793 g/mol. The molecule has 2 saturated heterocycles. The van der Waals surface area contributed by atoms with Gasteiger partial charge in [0.1, 0.15) is 17.9 Å². The van der Waals surface area contributed by atoms with Gasteiger partial charge < -0.3 is 49.7 Å². The van der Waals surface area contributed by atoms with Crippen molar-refractivity contribution in [3.05, 3.63) is 72.4 Å². The number of alkyl carbamates (subject to hydrolysis) is 1. The van der Waals surface area contributed by atoms with Crippen molar-refractivity contribution in [1.29, 1.82) is 0 Å². The van der Waals surface area contributed by atoms with E-state index in [0.717, 1.165) is 66.0 Å². The van der Waals surface area contributed by atoms with Crippen molar-refractivity contribution in [3.8, 4) is 22.4 Å². The Labute approximate surface area is 364 Å². The van der Waals surface area contributed by atoms with Gasteiger partial charge >= 0.3 is 6.09 Å². The van der Waals surface area contributed by atoms with E-state index in [9.17, 15) is 14.4 Å². The molecule has 0 radical (unpaired) electrons. The van der Waals surface area contributed by atoms with Gasteiger partial charge in [-0.05, 0) is 98.4 Å². The highest BCUT2D eigenvalue weighted by Gasteiger charge is 2.26. The van der Waals surface area contributed by atoms with Gasteiger partial charge in [0.05, 0.1) is 69.0 Å². The fourth-order valence-corrected chi connectivity index (χ4v) is 7.14. The molecule has 0 saturated carbocycles. The lowest BCUT2D eigenvalue weighted by Crippen LogP contribution is -2.43. The number of methoxy groups -OCH3 is 2. The number of imidazole rings is 2. The minimum absolute atomic E-state index is 0.0322. The Hall–Kier alpha value is -5.68. The number of likely N-dealkylation sites (N-methyl/N-ethyl adjacent to an activating group) is 1. The molecule has 16 heteroatoms. The first-order valence-electron chi connectivity index (χ1n) is 21.3. The number of amides is 2. The van der Waals surface area contributed by atoms with Gasteiger partial charge in [-0.2, -0.15) is 0 Å². The van der Waals surface area contributed by atoms with Crippen LogP contribution in [0.5, 0.6) is 0 Å². The Balaban J connectivity index is 0.000000334. The Morgan fingerprint density at radius 3 is 2.27 bits per heavy atom. The summed E-state index contributed by atoms with van der Waals surface area (Å²) in [5.74, 6) is 2.09. The van der Waals surface area contributed by atoms with E-state index in [4.69, 9.17) is 19.3 Å². The van der Waals surface area contributed by atoms with Crippen LogP contribution in [0.15, 0.2) is 60.8 Å². The van der Waals surface area contributed by atoms with E-state index in [1.165, 1.54) is 49.0 Å². The first-order valence-corrected chi connectivity index (χ1v) is 21.3. The number of rotatable bonds is 15. The van der Waals surface area contributed by atoms with Crippen LogP contribution in [0.2, 0.25) is 0 Å². The smallest absolute Gasteiger partial charge is 0.407 e. The fourth-order valence-electron chi connectivity index (χ4n) is 7.14. The van der Waals surface area contributed by atoms with Gasteiger partial charge in [-0.1, -0.05) is 50.6 Å². The number of aromatic amines is 2. The van der Waals surface area contributed by atoms with E-state index in [1.54, 1.807) is 7.05 Å². The average molecular weight is 857 g/mol. The predicted molar refractivity (Wildman–Crippen MR) is 241 cm³/mol. The molecule has 16 nitrogen and oxygen atoms in total. The third kappa shape index (κ3) is 15.0. The lowest BCUT2D eigenvalue weighted by Gasteiger charge is -2.26. The van der Waals surface area contributed by atoms with Crippen molar-refractivity contribution in [1.82, 2.24) is 40.8 Å². The number of carbonyl (C=O) groups is 4. The summed E-state index contributed by atoms with van der Waals surface area (Å²) in [4.78, 5) is 60.8. The zero-order valence-corrected chi connectivity index (χ0v) is 37.0. The van der Waals surface area contributed by atoms with Crippen molar-refractivity contribution in [2.75, 3.05) is 74.4 Å². The summed E-state index contributed by atoms with van der Waals surface area (Å²) in [7, 11) is 6.52. The highest BCUT2D eigenvalue weighted by atomic mass is 16.5. The van der Waals surface area contributed by atoms with Crippen LogP contribution in [-0.4, -0.2) is 130 Å². The Morgan fingerprint density at radius 1 is 0.952 bits per heavy atom. The van der Waals surface area contributed by atoms with E-state index < -0.39 is 12.1 Å². The molecule has 5 N–H and O–H groups in total. The molecule has 0 aliphatic carbocycles. The SMILES string of the molecule is CCC.CNCC(=O)NCCOCCc1ncc(-c2ccc3cc(-c4ccc5nc(C6CCCN6C)[nH]c5c4)ccc3c2)[nH]1.COC(=O)NC(C=O)C1CCOCC1.COC=O. The summed E-state index contributed by atoms with van der Waals surface area (Å²) in [6.45, 7) is 8.88. The minimum atomic E-state index is -0.561. The topological polar surface area (TPSA) is 202 Å². The molecule has 5 aromatic rings. The molecule has 0 bridgehead atoms. The van der Waals surface area contributed by atoms with E-state index in [1.807, 2.05) is 6.20 Å². The summed E-state index contributed by atoms with van der Waals surface area (Å²) in [5, 5.41) is 10.5. The normalized spacial score (nSPS) is 15.5.